The lowest BCUT2D eigenvalue weighted by atomic mass is 9.46. The van der Waals surface area contributed by atoms with Crippen LogP contribution in [-0.2, 0) is 9.47 Å². The van der Waals surface area contributed by atoms with Gasteiger partial charge in [0, 0.05) is 44.2 Å². The molecule has 4 fully saturated rings. The highest BCUT2D eigenvalue weighted by Gasteiger charge is 2.66. The third-order valence-electron chi connectivity index (χ3n) is 7.58. The van der Waals surface area contributed by atoms with Crippen molar-refractivity contribution in [3.63, 3.8) is 0 Å². The van der Waals surface area contributed by atoms with Gasteiger partial charge in [-0.3, -0.25) is 4.99 Å². The molecule has 4 unspecified atom stereocenters. The van der Waals surface area contributed by atoms with Crippen LogP contribution in [0.4, 0.5) is 0 Å². The first-order valence-corrected chi connectivity index (χ1v) is 11.0. The predicted octanol–water partition coefficient (Wildman–Crippen LogP) is 3.09. The lowest BCUT2D eigenvalue weighted by Crippen LogP contribution is -2.72. The zero-order valence-corrected chi connectivity index (χ0v) is 16.6. The molecule has 0 aromatic rings. The number of hydrogen-bond acceptors (Lipinski definition) is 3. The Morgan fingerprint density at radius 2 is 2.04 bits per heavy atom. The van der Waals surface area contributed by atoms with E-state index in [9.17, 15) is 0 Å². The highest BCUT2D eigenvalue weighted by molar-refractivity contribution is 5.80. The standard InChI is InChI=1S/C21H37N3O2/c1-3-25-17(15-7-4-5-8-15)9-13-23-20(22-2)24-18-16-10-14-26-19(16)21(18)11-6-12-21/h15-19H,3-14H2,1-2H3,(H2,22,23,24). The van der Waals surface area contributed by atoms with E-state index in [1.54, 1.807) is 0 Å². The van der Waals surface area contributed by atoms with Gasteiger partial charge in [-0.15, -0.1) is 0 Å². The van der Waals surface area contributed by atoms with Gasteiger partial charge in [-0.2, -0.15) is 0 Å². The summed E-state index contributed by atoms with van der Waals surface area (Å²) in [6, 6.07) is 0.549. The first-order valence-electron chi connectivity index (χ1n) is 11.0. The van der Waals surface area contributed by atoms with Crippen LogP contribution < -0.4 is 10.6 Å². The van der Waals surface area contributed by atoms with Gasteiger partial charge < -0.3 is 20.1 Å². The molecule has 0 aromatic heterocycles. The summed E-state index contributed by atoms with van der Waals surface area (Å²) in [6.45, 7) is 4.82. The molecule has 1 spiro atoms. The molecule has 5 heteroatoms. The van der Waals surface area contributed by atoms with Crippen LogP contribution in [0.1, 0.15) is 64.7 Å². The first kappa shape index (κ1) is 18.5. The van der Waals surface area contributed by atoms with Crippen molar-refractivity contribution in [1.82, 2.24) is 10.6 Å². The topological polar surface area (TPSA) is 54.9 Å². The summed E-state index contributed by atoms with van der Waals surface area (Å²) in [7, 11) is 1.89. The first-order chi connectivity index (χ1) is 12.8. The minimum atomic E-state index is 0.399. The van der Waals surface area contributed by atoms with E-state index in [0.717, 1.165) is 38.1 Å². The Bertz CT molecular complexity index is 499. The van der Waals surface area contributed by atoms with Crippen molar-refractivity contribution in [3.8, 4) is 0 Å². The lowest BCUT2D eigenvalue weighted by molar-refractivity contribution is -0.171. The molecule has 0 radical (unpaired) electrons. The lowest BCUT2D eigenvalue weighted by Gasteiger charge is -2.63. The second-order valence-corrected chi connectivity index (χ2v) is 8.78. The molecule has 1 aliphatic heterocycles. The monoisotopic (exact) mass is 363 g/mol. The van der Waals surface area contributed by atoms with E-state index in [1.807, 2.05) is 7.05 Å². The Hall–Kier alpha value is -0.810. The van der Waals surface area contributed by atoms with E-state index in [-0.39, 0.29) is 0 Å². The molecular weight excluding hydrogens is 326 g/mol. The van der Waals surface area contributed by atoms with Crippen LogP contribution in [0.15, 0.2) is 4.99 Å². The van der Waals surface area contributed by atoms with E-state index in [4.69, 9.17) is 9.47 Å². The predicted molar refractivity (Wildman–Crippen MR) is 104 cm³/mol. The normalized spacial score (nSPS) is 34.2. The van der Waals surface area contributed by atoms with Crippen molar-refractivity contribution >= 4 is 5.96 Å². The van der Waals surface area contributed by atoms with Crippen LogP contribution in [-0.4, -0.2) is 51.0 Å². The van der Waals surface area contributed by atoms with Crippen molar-refractivity contribution in [2.45, 2.75) is 83.0 Å². The SMILES string of the molecule is CCOC(CCNC(=NC)NC1C2CCOC2C12CCC2)C1CCCC1. The van der Waals surface area contributed by atoms with Crippen molar-refractivity contribution < 1.29 is 9.47 Å². The largest absolute Gasteiger partial charge is 0.378 e. The Kier molecular flexibility index (Phi) is 5.75. The fourth-order valence-electron chi connectivity index (χ4n) is 6.13. The average Bonchev–Trinajstić information content (AvgIpc) is 3.26. The molecule has 4 rings (SSSR count). The van der Waals surface area contributed by atoms with E-state index >= 15 is 0 Å². The molecule has 0 bridgehead atoms. The van der Waals surface area contributed by atoms with Gasteiger partial charge in [0.1, 0.15) is 0 Å². The van der Waals surface area contributed by atoms with E-state index < -0.39 is 0 Å². The number of hydrogen-bond donors (Lipinski definition) is 2. The third kappa shape index (κ3) is 3.26. The molecule has 148 valence electrons. The highest BCUT2D eigenvalue weighted by Crippen LogP contribution is 2.62. The minimum absolute atomic E-state index is 0.399. The number of ether oxygens (including phenoxy) is 2. The number of fused-ring (bicyclic) bond motifs is 2. The summed E-state index contributed by atoms with van der Waals surface area (Å²) in [6.07, 6.45) is 12.6. The molecule has 5 nitrogen and oxygen atoms in total. The molecule has 0 amide bonds. The van der Waals surface area contributed by atoms with Crippen LogP contribution >= 0.6 is 0 Å². The van der Waals surface area contributed by atoms with Crippen LogP contribution in [0.3, 0.4) is 0 Å². The summed E-state index contributed by atoms with van der Waals surface area (Å²) < 4.78 is 12.1. The van der Waals surface area contributed by atoms with Gasteiger partial charge in [-0.05, 0) is 51.4 Å². The zero-order valence-electron chi connectivity index (χ0n) is 16.6. The summed E-state index contributed by atoms with van der Waals surface area (Å²) >= 11 is 0. The fourth-order valence-corrected chi connectivity index (χ4v) is 6.13. The van der Waals surface area contributed by atoms with Gasteiger partial charge >= 0.3 is 0 Å². The fraction of sp³-hybridized carbons (Fsp3) is 0.952. The second-order valence-electron chi connectivity index (χ2n) is 8.78. The number of rotatable bonds is 7. The molecule has 26 heavy (non-hydrogen) atoms. The van der Waals surface area contributed by atoms with Crippen LogP contribution in [0.25, 0.3) is 0 Å². The third-order valence-corrected chi connectivity index (χ3v) is 7.58. The van der Waals surface area contributed by atoms with E-state index in [2.05, 4.69) is 22.5 Å². The molecule has 1 heterocycles. The molecule has 1 saturated heterocycles. The molecule has 3 aliphatic carbocycles. The molecule has 3 saturated carbocycles. The quantitative estimate of drug-likeness (QED) is 0.539. The van der Waals surface area contributed by atoms with Gasteiger partial charge in [0.25, 0.3) is 0 Å². The van der Waals surface area contributed by atoms with Crippen LogP contribution in [0, 0.1) is 17.3 Å². The maximum Gasteiger partial charge on any atom is 0.191 e. The van der Waals surface area contributed by atoms with Crippen molar-refractivity contribution in [2.24, 2.45) is 22.2 Å². The number of nitrogens with one attached hydrogen (secondary N) is 2. The smallest absolute Gasteiger partial charge is 0.191 e. The molecule has 4 aliphatic rings. The van der Waals surface area contributed by atoms with E-state index in [1.165, 1.54) is 51.4 Å². The van der Waals surface area contributed by atoms with Gasteiger partial charge in [-0.25, -0.2) is 0 Å². The van der Waals surface area contributed by atoms with Gasteiger partial charge in [-0.1, -0.05) is 19.3 Å². The Labute approximate surface area is 158 Å². The molecular formula is C21H37N3O2. The Balaban J connectivity index is 1.27. The van der Waals surface area contributed by atoms with Crippen molar-refractivity contribution in [3.05, 3.63) is 0 Å². The Morgan fingerprint density at radius 1 is 1.23 bits per heavy atom. The summed E-state index contributed by atoms with van der Waals surface area (Å²) in [5, 5.41) is 7.33. The minimum Gasteiger partial charge on any atom is -0.378 e. The molecule has 4 atom stereocenters. The molecule has 2 N–H and O–H groups in total. The number of aliphatic imine (C=N–C) groups is 1. The summed E-state index contributed by atoms with van der Waals surface area (Å²) in [4.78, 5) is 4.50. The Morgan fingerprint density at radius 3 is 2.69 bits per heavy atom. The van der Waals surface area contributed by atoms with Crippen LogP contribution in [0.2, 0.25) is 0 Å². The average molecular weight is 364 g/mol. The van der Waals surface area contributed by atoms with Crippen molar-refractivity contribution in [1.29, 1.82) is 0 Å². The number of guanidine groups is 1. The highest BCUT2D eigenvalue weighted by atomic mass is 16.5. The maximum absolute atomic E-state index is 6.05. The molecule has 0 aromatic carbocycles. The maximum atomic E-state index is 6.05. The van der Waals surface area contributed by atoms with Gasteiger partial charge in [0.15, 0.2) is 5.96 Å². The van der Waals surface area contributed by atoms with E-state index in [0.29, 0.717) is 29.6 Å². The summed E-state index contributed by atoms with van der Waals surface area (Å²) in [5.74, 6) is 2.41. The van der Waals surface area contributed by atoms with Gasteiger partial charge in [0.05, 0.1) is 12.2 Å². The second kappa shape index (κ2) is 8.05. The number of nitrogens with zero attached hydrogens (tertiary/aromatic N) is 1. The summed E-state index contributed by atoms with van der Waals surface area (Å²) in [5.41, 5.74) is 0.399. The van der Waals surface area contributed by atoms with Crippen molar-refractivity contribution in [2.75, 3.05) is 26.8 Å². The van der Waals surface area contributed by atoms with Crippen LogP contribution in [0.5, 0.6) is 0 Å². The zero-order chi connectivity index (χ0) is 18.0. The van der Waals surface area contributed by atoms with Gasteiger partial charge in [0.2, 0.25) is 0 Å².